The van der Waals surface area contributed by atoms with E-state index in [1.807, 2.05) is 18.2 Å². The van der Waals surface area contributed by atoms with Crippen molar-refractivity contribution in [3.63, 3.8) is 0 Å². The molecule has 0 bridgehead atoms. The molecule has 27 heavy (non-hydrogen) atoms. The molecule has 2 aliphatic heterocycles. The Hall–Kier alpha value is -2.57. The minimum Gasteiger partial charge on any atom is -0.456 e. The van der Waals surface area contributed by atoms with Crippen LogP contribution in [0.4, 0.5) is 17.3 Å². The first-order valence-corrected chi connectivity index (χ1v) is 8.86. The molecule has 3 aliphatic rings. The Kier molecular flexibility index (Phi) is 5.68. The van der Waals surface area contributed by atoms with Crippen LogP contribution < -0.4 is 9.93 Å². The molecule has 1 aliphatic carbocycles. The van der Waals surface area contributed by atoms with E-state index in [0.29, 0.717) is 0 Å². The lowest BCUT2D eigenvalue weighted by atomic mass is 10.0. The minimum absolute atomic E-state index is 0.934. The van der Waals surface area contributed by atoms with E-state index in [0.717, 1.165) is 30.2 Å². The van der Waals surface area contributed by atoms with E-state index in [1.165, 1.54) is 29.3 Å². The van der Waals surface area contributed by atoms with Crippen molar-refractivity contribution >= 4 is 7.25 Å². The van der Waals surface area contributed by atoms with Crippen molar-refractivity contribution < 1.29 is 21.7 Å². The van der Waals surface area contributed by atoms with Crippen molar-refractivity contribution in [1.29, 1.82) is 0 Å². The molecule has 0 unspecified atom stereocenters. The Morgan fingerprint density at radius 2 is 1.48 bits per heavy atom. The molecule has 1 aromatic carbocycles. The quantitative estimate of drug-likeness (QED) is 0.322. The Morgan fingerprint density at radius 1 is 0.852 bits per heavy atom. The van der Waals surface area contributed by atoms with Crippen LogP contribution in [0.2, 0.25) is 0 Å². The summed E-state index contributed by atoms with van der Waals surface area (Å²) in [5.74, 6) is 1.91. The van der Waals surface area contributed by atoms with Crippen molar-refractivity contribution in [2.75, 3.05) is 13.1 Å². The van der Waals surface area contributed by atoms with Gasteiger partial charge in [-0.1, -0.05) is 30.3 Å². The predicted octanol–water partition coefficient (Wildman–Crippen LogP) is 5.23. The maximum Gasteiger partial charge on any atom is 0.673 e. The van der Waals surface area contributed by atoms with Gasteiger partial charge >= 0.3 is 7.25 Å². The molecule has 142 valence electrons. The maximum absolute atomic E-state index is 9.75. The van der Waals surface area contributed by atoms with Gasteiger partial charge in [-0.3, -0.25) is 0 Å². The van der Waals surface area contributed by atoms with E-state index in [-0.39, 0.29) is 0 Å². The highest BCUT2D eigenvalue weighted by molar-refractivity contribution is 6.50. The summed E-state index contributed by atoms with van der Waals surface area (Å²) in [6, 6.07) is 19.0. The van der Waals surface area contributed by atoms with Crippen LogP contribution in [0.25, 0.3) is 22.6 Å². The standard InChI is InChI=1S/C20H20NO.BF4/c1-15-13-19(16-7-3-2-4-8-16)22-20-14-17(9-10-18(15)20)21-11-5-6-12-21;2-1(3,4)5/h2-4,7-10,13-14H,5-6,11-12H2,1H3;/q+1;-1. The molecule has 4 rings (SSSR count). The third-order valence-corrected chi connectivity index (χ3v) is 4.49. The molecule has 7 heteroatoms. The third-order valence-electron chi connectivity index (χ3n) is 4.49. The highest BCUT2D eigenvalue weighted by Gasteiger charge is 2.20. The summed E-state index contributed by atoms with van der Waals surface area (Å²) in [5.41, 5.74) is 3.58. The molecular formula is C20H20BF4NO. The second kappa shape index (κ2) is 7.98. The van der Waals surface area contributed by atoms with Crippen LogP contribution in [-0.4, -0.2) is 20.3 Å². The van der Waals surface area contributed by atoms with Crippen molar-refractivity contribution in [2.24, 2.45) is 0 Å². The van der Waals surface area contributed by atoms with Crippen LogP contribution in [-0.2, 0) is 0 Å². The van der Waals surface area contributed by atoms with Crippen LogP contribution in [0.15, 0.2) is 59.0 Å². The van der Waals surface area contributed by atoms with E-state index < -0.39 is 7.25 Å². The molecule has 0 atom stereocenters. The summed E-state index contributed by atoms with van der Waals surface area (Å²) in [5, 5.41) is 1.28. The Labute approximate surface area is 155 Å². The third kappa shape index (κ3) is 5.22. The summed E-state index contributed by atoms with van der Waals surface area (Å²) >= 11 is 0. The Morgan fingerprint density at radius 3 is 2.11 bits per heavy atom. The topological polar surface area (TPSA) is 16.1 Å². The van der Waals surface area contributed by atoms with E-state index >= 15 is 0 Å². The van der Waals surface area contributed by atoms with Gasteiger partial charge in [0.05, 0.1) is 6.07 Å². The largest absolute Gasteiger partial charge is 0.673 e. The summed E-state index contributed by atoms with van der Waals surface area (Å²) in [4.78, 5) is 0. The second-order valence-electron chi connectivity index (χ2n) is 6.53. The average Bonchev–Trinajstić information content (AvgIpc) is 3.15. The lowest BCUT2D eigenvalue weighted by Gasteiger charge is -2.11. The van der Waals surface area contributed by atoms with Crippen LogP contribution >= 0.6 is 0 Å². The molecule has 0 radical (unpaired) electrons. The zero-order valence-electron chi connectivity index (χ0n) is 15.0. The van der Waals surface area contributed by atoms with E-state index in [9.17, 15) is 17.3 Å². The highest BCUT2D eigenvalue weighted by Crippen LogP contribution is 2.30. The first-order chi connectivity index (χ1) is 12.8. The number of fused-ring (bicyclic) bond motifs is 1. The van der Waals surface area contributed by atoms with Gasteiger partial charge < -0.3 is 21.7 Å². The SMILES string of the molecule is Cc1cc(-c2ccccc2)oc2cc(=[N+]3CCCC3)ccc1-2.F[B-](F)(F)F. The first-order valence-electron chi connectivity index (χ1n) is 8.86. The normalized spacial score (nSPS) is 14.2. The molecular weight excluding hydrogens is 357 g/mol. The van der Waals surface area contributed by atoms with Gasteiger partial charge in [-0.15, -0.1) is 0 Å². The van der Waals surface area contributed by atoms with Gasteiger partial charge in [0.15, 0.2) is 0 Å². The number of nitrogens with zero attached hydrogens (tertiary/aromatic N) is 1. The average molecular weight is 377 g/mol. The fourth-order valence-corrected chi connectivity index (χ4v) is 3.26. The fourth-order valence-electron chi connectivity index (χ4n) is 3.26. The predicted molar refractivity (Wildman–Crippen MR) is 99.9 cm³/mol. The van der Waals surface area contributed by atoms with E-state index in [2.05, 4.69) is 47.9 Å². The highest BCUT2D eigenvalue weighted by atomic mass is 19.5. The summed E-state index contributed by atoms with van der Waals surface area (Å²) in [6.07, 6.45) is 2.58. The van der Waals surface area contributed by atoms with Gasteiger partial charge in [-0.05, 0) is 24.6 Å². The molecule has 1 fully saturated rings. The first kappa shape index (κ1) is 19.2. The smallest absolute Gasteiger partial charge is 0.456 e. The molecule has 0 amide bonds. The van der Waals surface area contributed by atoms with Gasteiger partial charge in [0.25, 0.3) is 0 Å². The van der Waals surface area contributed by atoms with E-state index in [1.54, 1.807) is 0 Å². The molecule has 2 heterocycles. The zero-order valence-corrected chi connectivity index (χ0v) is 15.0. The number of benzene rings is 2. The zero-order chi connectivity index (χ0) is 19.4. The van der Waals surface area contributed by atoms with Crippen molar-refractivity contribution in [3.8, 4) is 22.6 Å². The van der Waals surface area contributed by atoms with Crippen molar-refractivity contribution in [2.45, 2.75) is 19.8 Å². The van der Waals surface area contributed by atoms with Crippen LogP contribution in [0, 0.1) is 6.92 Å². The van der Waals surface area contributed by atoms with Gasteiger partial charge in [0, 0.05) is 30.0 Å². The van der Waals surface area contributed by atoms with Gasteiger partial charge in [-0.25, -0.2) is 4.58 Å². The maximum atomic E-state index is 9.75. The minimum atomic E-state index is -6.00. The fraction of sp³-hybridized carbons (Fsp3) is 0.250. The van der Waals surface area contributed by atoms with Crippen LogP contribution in [0.5, 0.6) is 0 Å². The van der Waals surface area contributed by atoms with Crippen molar-refractivity contribution in [1.82, 2.24) is 4.58 Å². The molecule has 2 nitrogen and oxygen atoms in total. The number of aryl methyl sites for hydroxylation is 1. The summed E-state index contributed by atoms with van der Waals surface area (Å²) in [7, 11) is -6.00. The lowest BCUT2D eigenvalue weighted by molar-refractivity contribution is 0.368. The number of rotatable bonds is 1. The number of hydrogen-bond acceptors (Lipinski definition) is 1. The molecule has 0 spiro atoms. The van der Waals surface area contributed by atoms with Crippen LogP contribution in [0.3, 0.4) is 0 Å². The summed E-state index contributed by atoms with van der Waals surface area (Å²) in [6.45, 7) is 4.46. The van der Waals surface area contributed by atoms with Crippen LogP contribution in [0.1, 0.15) is 18.4 Å². The molecule has 0 saturated carbocycles. The number of hydrogen-bond donors (Lipinski definition) is 0. The number of halogens is 4. The van der Waals surface area contributed by atoms with E-state index in [4.69, 9.17) is 4.42 Å². The van der Waals surface area contributed by atoms with Crippen molar-refractivity contribution in [3.05, 3.63) is 65.5 Å². The van der Waals surface area contributed by atoms with Gasteiger partial charge in [0.2, 0.25) is 5.36 Å². The Balaban J connectivity index is 0.000000376. The molecule has 1 aromatic rings. The monoisotopic (exact) mass is 377 g/mol. The van der Waals surface area contributed by atoms with Gasteiger partial charge in [-0.2, -0.15) is 0 Å². The molecule has 0 N–H and O–H groups in total. The Bertz CT molecular complexity index is 936. The molecule has 1 saturated heterocycles. The second-order valence-corrected chi connectivity index (χ2v) is 6.53. The lowest BCUT2D eigenvalue weighted by Crippen LogP contribution is -2.26. The molecule has 0 aromatic heterocycles. The van der Waals surface area contributed by atoms with Gasteiger partial charge in [0.1, 0.15) is 24.6 Å². The summed E-state index contributed by atoms with van der Waals surface area (Å²) < 4.78 is 47.6.